The van der Waals surface area contributed by atoms with Gasteiger partial charge in [-0.3, -0.25) is 14.6 Å². The molecule has 174 valence electrons. The molecule has 0 spiro atoms. The van der Waals surface area contributed by atoms with Crippen molar-refractivity contribution in [2.24, 2.45) is 0 Å². The van der Waals surface area contributed by atoms with Gasteiger partial charge in [0.1, 0.15) is 11.5 Å². The maximum absolute atomic E-state index is 13.3. The normalized spacial score (nSPS) is 21.1. The molecule has 33 heavy (non-hydrogen) atoms. The second-order valence-corrected chi connectivity index (χ2v) is 9.12. The molecule has 1 aromatic heterocycles. The minimum absolute atomic E-state index is 0.00906. The molecular weight excluding hydrogens is 416 g/mol. The molecule has 1 unspecified atom stereocenters. The van der Waals surface area contributed by atoms with Crippen LogP contribution in [0.2, 0.25) is 0 Å². The number of hydrogen-bond acceptors (Lipinski definition) is 5. The zero-order valence-electron chi connectivity index (χ0n) is 19.6. The Balaban J connectivity index is 1.85. The lowest BCUT2D eigenvalue weighted by Crippen LogP contribution is -2.40. The Morgan fingerprint density at radius 2 is 1.82 bits per heavy atom. The highest BCUT2D eigenvalue weighted by molar-refractivity contribution is 6.46. The molecule has 2 fully saturated rings. The number of ether oxygens (including phenoxy) is 1. The van der Waals surface area contributed by atoms with Gasteiger partial charge in [0.25, 0.3) is 11.7 Å². The molecule has 1 aliphatic heterocycles. The van der Waals surface area contributed by atoms with Crippen molar-refractivity contribution in [1.29, 1.82) is 0 Å². The fraction of sp³-hybridized carbons (Fsp3) is 0.444. The van der Waals surface area contributed by atoms with Crippen LogP contribution in [0.25, 0.3) is 5.76 Å². The number of ketones is 1. The van der Waals surface area contributed by atoms with Crippen LogP contribution in [0.3, 0.4) is 0 Å². The number of amides is 1. The summed E-state index contributed by atoms with van der Waals surface area (Å²) < 4.78 is 5.75. The number of carbonyl (C=O) groups excluding carboxylic acids is 2. The van der Waals surface area contributed by atoms with Crippen LogP contribution in [-0.2, 0) is 9.59 Å². The van der Waals surface area contributed by atoms with E-state index in [0.29, 0.717) is 12.2 Å². The SMILES string of the molecule is CCOc1ccc(/C(O)=C2/C(=O)C(=O)N(C3CCCCC3)C2c2ccncc2)cc1C(C)C. The Hall–Kier alpha value is -3.15. The Bertz CT molecular complexity index is 1060. The zero-order valence-corrected chi connectivity index (χ0v) is 19.6. The Kier molecular flexibility index (Phi) is 6.82. The van der Waals surface area contributed by atoms with E-state index in [1.54, 1.807) is 23.4 Å². The molecule has 1 N–H and O–H groups in total. The van der Waals surface area contributed by atoms with E-state index in [9.17, 15) is 14.7 Å². The highest BCUT2D eigenvalue weighted by atomic mass is 16.5. The summed E-state index contributed by atoms with van der Waals surface area (Å²) in [6.45, 7) is 6.58. The van der Waals surface area contributed by atoms with Crippen LogP contribution in [0.4, 0.5) is 0 Å². The number of nitrogens with zero attached hydrogens (tertiary/aromatic N) is 2. The van der Waals surface area contributed by atoms with E-state index in [4.69, 9.17) is 4.74 Å². The third kappa shape index (κ3) is 4.39. The average molecular weight is 449 g/mol. The lowest BCUT2D eigenvalue weighted by molar-refractivity contribution is -0.141. The number of likely N-dealkylation sites (tertiary alicyclic amines) is 1. The minimum atomic E-state index is -0.625. The number of benzene rings is 1. The van der Waals surface area contributed by atoms with Gasteiger partial charge < -0.3 is 14.7 Å². The van der Waals surface area contributed by atoms with Gasteiger partial charge in [-0.15, -0.1) is 0 Å². The Morgan fingerprint density at radius 3 is 2.45 bits per heavy atom. The zero-order chi connectivity index (χ0) is 23.5. The number of rotatable bonds is 6. The first-order chi connectivity index (χ1) is 15.9. The van der Waals surface area contributed by atoms with Crippen LogP contribution in [-0.4, -0.2) is 39.3 Å². The summed E-state index contributed by atoms with van der Waals surface area (Å²) in [6.07, 6.45) is 8.27. The van der Waals surface area contributed by atoms with Gasteiger partial charge in [-0.1, -0.05) is 33.1 Å². The standard InChI is InChI=1S/C27H32N2O4/c1-4-33-22-11-10-19(16-21(22)17(2)3)25(30)23-24(18-12-14-28-15-13-18)29(27(32)26(23)31)20-8-6-5-7-9-20/h10-17,20,24,30H,4-9H2,1-3H3/b25-23-. The van der Waals surface area contributed by atoms with E-state index >= 15 is 0 Å². The van der Waals surface area contributed by atoms with Gasteiger partial charge in [-0.05, 0) is 67.1 Å². The molecule has 1 saturated heterocycles. The van der Waals surface area contributed by atoms with E-state index < -0.39 is 17.7 Å². The van der Waals surface area contributed by atoms with Gasteiger partial charge in [0.05, 0.1) is 18.2 Å². The van der Waals surface area contributed by atoms with Gasteiger partial charge in [0, 0.05) is 24.0 Å². The molecule has 4 rings (SSSR count). The molecule has 1 aromatic carbocycles. The van der Waals surface area contributed by atoms with E-state index in [1.165, 1.54) is 0 Å². The average Bonchev–Trinajstić information content (AvgIpc) is 3.10. The molecule has 2 aromatic rings. The first-order valence-electron chi connectivity index (χ1n) is 11.9. The molecular formula is C27H32N2O4. The minimum Gasteiger partial charge on any atom is -0.507 e. The van der Waals surface area contributed by atoms with Gasteiger partial charge in [-0.25, -0.2) is 0 Å². The van der Waals surface area contributed by atoms with Crippen molar-refractivity contribution < 1.29 is 19.4 Å². The molecule has 0 radical (unpaired) electrons. The lowest BCUT2D eigenvalue weighted by Gasteiger charge is -2.35. The summed E-state index contributed by atoms with van der Waals surface area (Å²) in [6, 6.07) is 8.45. The molecule has 0 bridgehead atoms. The summed E-state index contributed by atoms with van der Waals surface area (Å²) >= 11 is 0. The molecule has 2 aliphatic rings. The highest BCUT2D eigenvalue weighted by Crippen LogP contribution is 2.43. The summed E-state index contributed by atoms with van der Waals surface area (Å²) in [5.41, 5.74) is 2.40. The quantitative estimate of drug-likeness (QED) is 0.366. The van der Waals surface area contributed by atoms with E-state index in [2.05, 4.69) is 18.8 Å². The number of carbonyl (C=O) groups is 2. The number of Topliss-reactive ketones (excluding diaryl/α,β-unsaturated/α-hetero) is 1. The predicted molar refractivity (Wildman–Crippen MR) is 127 cm³/mol. The lowest BCUT2D eigenvalue weighted by atomic mass is 9.90. The van der Waals surface area contributed by atoms with Gasteiger partial charge in [0.15, 0.2) is 0 Å². The fourth-order valence-electron chi connectivity index (χ4n) is 5.05. The van der Waals surface area contributed by atoms with Crippen LogP contribution >= 0.6 is 0 Å². The monoisotopic (exact) mass is 448 g/mol. The maximum Gasteiger partial charge on any atom is 0.295 e. The largest absolute Gasteiger partial charge is 0.507 e. The summed E-state index contributed by atoms with van der Waals surface area (Å²) in [5, 5.41) is 11.4. The van der Waals surface area contributed by atoms with Crippen molar-refractivity contribution in [3.05, 3.63) is 65.0 Å². The van der Waals surface area contributed by atoms with Gasteiger partial charge in [-0.2, -0.15) is 0 Å². The molecule has 6 nitrogen and oxygen atoms in total. The van der Waals surface area contributed by atoms with Crippen molar-refractivity contribution in [2.75, 3.05) is 6.61 Å². The van der Waals surface area contributed by atoms with Gasteiger partial charge in [0.2, 0.25) is 0 Å². The number of aromatic nitrogens is 1. The van der Waals surface area contributed by atoms with Gasteiger partial charge >= 0.3 is 0 Å². The van der Waals surface area contributed by atoms with Crippen LogP contribution in [0.15, 0.2) is 48.3 Å². The number of hydrogen-bond donors (Lipinski definition) is 1. The first-order valence-corrected chi connectivity index (χ1v) is 11.9. The molecule has 1 aliphatic carbocycles. The number of aliphatic hydroxyl groups is 1. The third-order valence-electron chi connectivity index (χ3n) is 6.68. The van der Waals surface area contributed by atoms with Crippen molar-refractivity contribution in [3.63, 3.8) is 0 Å². The number of aliphatic hydroxyl groups excluding tert-OH is 1. The Labute approximate surface area is 195 Å². The molecule has 6 heteroatoms. The van der Waals surface area contributed by atoms with Crippen LogP contribution in [0.1, 0.15) is 81.5 Å². The van der Waals surface area contributed by atoms with Crippen molar-refractivity contribution in [1.82, 2.24) is 9.88 Å². The molecule has 1 atom stereocenters. The summed E-state index contributed by atoms with van der Waals surface area (Å²) in [7, 11) is 0. The summed E-state index contributed by atoms with van der Waals surface area (Å²) in [4.78, 5) is 32.3. The fourth-order valence-corrected chi connectivity index (χ4v) is 5.05. The first kappa shape index (κ1) is 23.0. The summed E-state index contributed by atoms with van der Waals surface area (Å²) in [5.74, 6) is -0.365. The molecule has 1 saturated carbocycles. The van der Waals surface area contributed by atoms with Crippen molar-refractivity contribution in [3.8, 4) is 5.75 Å². The molecule has 2 heterocycles. The topological polar surface area (TPSA) is 79.7 Å². The predicted octanol–water partition coefficient (Wildman–Crippen LogP) is 5.36. The molecule has 1 amide bonds. The number of pyridine rings is 1. The second-order valence-electron chi connectivity index (χ2n) is 9.12. The maximum atomic E-state index is 13.3. The van der Waals surface area contributed by atoms with E-state index in [-0.39, 0.29) is 23.3 Å². The second kappa shape index (κ2) is 9.77. The van der Waals surface area contributed by atoms with E-state index in [1.807, 2.05) is 31.2 Å². The van der Waals surface area contributed by atoms with Crippen LogP contribution in [0, 0.1) is 0 Å². The van der Waals surface area contributed by atoms with Crippen molar-refractivity contribution in [2.45, 2.75) is 70.9 Å². The smallest absolute Gasteiger partial charge is 0.295 e. The van der Waals surface area contributed by atoms with Crippen molar-refractivity contribution >= 4 is 17.4 Å². The Morgan fingerprint density at radius 1 is 1.12 bits per heavy atom. The highest BCUT2D eigenvalue weighted by Gasteiger charge is 2.48. The van der Waals surface area contributed by atoms with Crippen LogP contribution in [0.5, 0.6) is 5.75 Å². The third-order valence-corrected chi connectivity index (χ3v) is 6.68. The van der Waals surface area contributed by atoms with E-state index in [0.717, 1.165) is 49.0 Å². The van der Waals surface area contributed by atoms with Crippen LogP contribution < -0.4 is 4.74 Å².